The van der Waals surface area contributed by atoms with E-state index in [4.69, 9.17) is 17.2 Å². The minimum Gasteiger partial charge on any atom is -0.389 e. The van der Waals surface area contributed by atoms with Crippen LogP contribution < -0.4 is 17.2 Å². The molecule has 212 valence electrons. The van der Waals surface area contributed by atoms with Crippen LogP contribution in [0.25, 0.3) is 10.2 Å². The maximum Gasteiger partial charge on any atom is 0.248 e. The van der Waals surface area contributed by atoms with Crippen LogP contribution in [0.5, 0.6) is 0 Å². The van der Waals surface area contributed by atoms with Crippen molar-refractivity contribution >= 4 is 42.6 Å². The number of anilines is 1. The molecule has 0 radical (unpaired) electrons. The first-order valence-corrected chi connectivity index (χ1v) is 15.2. The number of benzene rings is 3. The van der Waals surface area contributed by atoms with E-state index < -0.39 is 34.1 Å². The number of sulfonamides is 1. The molecular weight excluding hydrogens is 546 g/mol. The molecule has 0 saturated carbocycles. The first kappa shape index (κ1) is 29.6. The number of nitrogens with two attached hydrogens (primary N) is 3. The van der Waals surface area contributed by atoms with Crippen molar-refractivity contribution in [2.75, 3.05) is 12.3 Å². The fraction of sp³-hybridized carbons (Fsp3) is 0.310. The maximum atomic E-state index is 14.0. The molecule has 0 fully saturated rings. The Kier molecular flexibility index (Phi) is 8.91. The van der Waals surface area contributed by atoms with E-state index in [2.05, 4.69) is 4.98 Å². The lowest BCUT2D eigenvalue weighted by Crippen LogP contribution is -2.55. The molecule has 9 nitrogen and oxygen atoms in total. The molecule has 1 unspecified atom stereocenters. The SMILES string of the molecule is Cc1cc([C@H](Cc2ccccc2)[C@@H](O)C(N)N(CC(C)C)S(=O)(=O)c2ccc3nc(N)sc3c2)ccc1C(N)=O. The third-order valence-electron chi connectivity index (χ3n) is 6.87. The molecule has 7 N–H and O–H groups in total. The Labute approximate surface area is 238 Å². The van der Waals surface area contributed by atoms with E-state index in [9.17, 15) is 18.3 Å². The molecule has 0 aliphatic heterocycles. The van der Waals surface area contributed by atoms with Crippen LogP contribution in [0, 0.1) is 12.8 Å². The van der Waals surface area contributed by atoms with E-state index in [1.165, 1.54) is 21.7 Å². The molecule has 1 heterocycles. The highest BCUT2D eigenvalue weighted by atomic mass is 32.2. The average Bonchev–Trinajstić information content (AvgIpc) is 3.29. The van der Waals surface area contributed by atoms with Crippen LogP contribution in [0.1, 0.15) is 46.8 Å². The lowest BCUT2D eigenvalue weighted by atomic mass is 9.84. The highest BCUT2D eigenvalue weighted by Gasteiger charge is 2.38. The first-order chi connectivity index (χ1) is 18.9. The summed E-state index contributed by atoms with van der Waals surface area (Å²) in [5.74, 6) is -1.19. The second kappa shape index (κ2) is 12.0. The number of aliphatic hydroxyl groups excluding tert-OH is 1. The summed E-state index contributed by atoms with van der Waals surface area (Å²) in [6, 6.07) is 19.4. The summed E-state index contributed by atoms with van der Waals surface area (Å²) in [5, 5.41) is 12.1. The minimum atomic E-state index is -4.11. The Morgan fingerprint density at radius 2 is 1.77 bits per heavy atom. The average molecular weight is 582 g/mol. The number of aliphatic hydroxyl groups is 1. The lowest BCUT2D eigenvalue weighted by molar-refractivity contribution is 0.0646. The Morgan fingerprint density at radius 1 is 1.07 bits per heavy atom. The van der Waals surface area contributed by atoms with Crippen LogP contribution >= 0.6 is 11.3 Å². The normalized spacial score (nSPS) is 14.5. The molecule has 0 saturated heterocycles. The van der Waals surface area contributed by atoms with Crippen molar-refractivity contribution in [2.45, 2.75) is 50.3 Å². The highest BCUT2D eigenvalue weighted by molar-refractivity contribution is 7.89. The molecule has 3 atom stereocenters. The molecule has 0 aliphatic carbocycles. The van der Waals surface area contributed by atoms with Gasteiger partial charge in [-0.15, -0.1) is 0 Å². The monoisotopic (exact) mass is 581 g/mol. The molecule has 4 rings (SSSR count). The van der Waals surface area contributed by atoms with Crippen molar-refractivity contribution in [3.63, 3.8) is 0 Å². The Morgan fingerprint density at radius 3 is 2.40 bits per heavy atom. The number of thiazole rings is 1. The zero-order valence-corrected chi connectivity index (χ0v) is 24.3. The molecule has 1 amide bonds. The van der Waals surface area contributed by atoms with Crippen molar-refractivity contribution < 1.29 is 18.3 Å². The number of nitrogens with zero attached hydrogens (tertiary/aromatic N) is 2. The molecule has 0 spiro atoms. The van der Waals surface area contributed by atoms with Gasteiger partial charge in [-0.3, -0.25) is 4.79 Å². The number of aryl methyl sites for hydroxylation is 1. The number of aromatic nitrogens is 1. The third kappa shape index (κ3) is 6.34. The number of fused-ring (bicyclic) bond motifs is 1. The fourth-order valence-corrected chi connectivity index (χ4v) is 7.43. The van der Waals surface area contributed by atoms with Crippen LogP contribution in [0.2, 0.25) is 0 Å². The van der Waals surface area contributed by atoms with E-state index in [-0.39, 0.29) is 17.4 Å². The quantitative estimate of drug-likeness (QED) is 0.196. The molecule has 40 heavy (non-hydrogen) atoms. The minimum absolute atomic E-state index is 0.0493. The number of nitrogen functional groups attached to an aromatic ring is 1. The number of amides is 1. The molecule has 4 aromatic rings. The van der Waals surface area contributed by atoms with Crippen molar-refractivity contribution in [1.29, 1.82) is 0 Å². The number of carbonyl (C=O) groups is 1. The van der Waals surface area contributed by atoms with Crippen molar-refractivity contribution in [3.05, 3.63) is 89.0 Å². The van der Waals surface area contributed by atoms with Crippen LogP contribution in [0.3, 0.4) is 0 Å². The zero-order chi connectivity index (χ0) is 29.2. The van der Waals surface area contributed by atoms with Gasteiger partial charge >= 0.3 is 0 Å². The number of hydrogen-bond donors (Lipinski definition) is 4. The predicted octanol–water partition coefficient (Wildman–Crippen LogP) is 3.60. The van der Waals surface area contributed by atoms with Gasteiger partial charge in [0.05, 0.1) is 27.4 Å². The van der Waals surface area contributed by atoms with Crippen LogP contribution in [-0.2, 0) is 16.4 Å². The summed E-state index contributed by atoms with van der Waals surface area (Å²) < 4.78 is 29.8. The highest BCUT2D eigenvalue weighted by Crippen LogP contribution is 2.32. The molecular formula is C29H35N5O4S2. The predicted molar refractivity (Wildman–Crippen MR) is 159 cm³/mol. The smallest absolute Gasteiger partial charge is 0.248 e. The van der Waals surface area contributed by atoms with Gasteiger partial charge in [0.25, 0.3) is 0 Å². The number of carbonyl (C=O) groups excluding carboxylic acids is 1. The van der Waals surface area contributed by atoms with Gasteiger partial charge in [-0.2, -0.15) is 4.31 Å². The molecule has 0 bridgehead atoms. The lowest BCUT2D eigenvalue weighted by Gasteiger charge is -2.36. The zero-order valence-electron chi connectivity index (χ0n) is 22.7. The fourth-order valence-electron chi connectivity index (χ4n) is 4.86. The Balaban J connectivity index is 1.75. The van der Waals surface area contributed by atoms with Crippen LogP contribution in [0.4, 0.5) is 5.13 Å². The van der Waals surface area contributed by atoms with E-state index in [0.717, 1.165) is 11.1 Å². The van der Waals surface area contributed by atoms with Crippen LogP contribution in [-0.4, -0.2) is 47.5 Å². The summed E-state index contributed by atoms with van der Waals surface area (Å²) in [7, 11) is -4.11. The Hall–Kier alpha value is -3.35. The summed E-state index contributed by atoms with van der Waals surface area (Å²) in [6.07, 6.45) is -2.15. The maximum absolute atomic E-state index is 14.0. The van der Waals surface area contributed by atoms with E-state index in [1.807, 2.05) is 44.2 Å². The first-order valence-electron chi connectivity index (χ1n) is 12.9. The molecule has 0 aliphatic rings. The molecule has 11 heteroatoms. The molecule has 1 aromatic heterocycles. The summed E-state index contributed by atoms with van der Waals surface area (Å²) in [4.78, 5) is 16.1. The number of primary amides is 1. The van der Waals surface area contributed by atoms with Gasteiger partial charge in [-0.25, -0.2) is 13.4 Å². The molecule has 3 aromatic carbocycles. The number of rotatable bonds is 11. The van der Waals surface area contributed by atoms with E-state index in [0.29, 0.717) is 32.9 Å². The van der Waals surface area contributed by atoms with E-state index >= 15 is 0 Å². The van der Waals surface area contributed by atoms with Crippen molar-refractivity contribution in [3.8, 4) is 0 Å². The summed E-state index contributed by atoms with van der Waals surface area (Å²) in [6.45, 7) is 5.65. The van der Waals surface area contributed by atoms with Crippen molar-refractivity contribution in [1.82, 2.24) is 9.29 Å². The van der Waals surface area contributed by atoms with Gasteiger partial charge in [0, 0.05) is 18.0 Å². The van der Waals surface area contributed by atoms with Gasteiger partial charge in [-0.1, -0.05) is 67.6 Å². The van der Waals surface area contributed by atoms with Gasteiger partial charge in [0.2, 0.25) is 15.9 Å². The van der Waals surface area contributed by atoms with E-state index in [1.54, 1.807) is 37.3 Å². The van der Waals surface area contributed by atoms with Crippen molar-refractivity contribution in [2.24, 2.45) is 17.4 Å². The second-order valence-corrected chi connectivity index (χ2v) is 13.3. The third-order valence-corrected chi connectivity index (χ3v) is 9.57. The number of hydrogen-bond acceptors (Lipinski definition) is 8. The topological polar surface area (TPSA) is 166 Å². The standard InChI is InChI=1S/C29H35N5O4S2/c1-17(2)16-34(40(37,38)21-10-12-24-25(15-21)39-29(32)33-24)27(30)26(35)23(14-19-7-5-4-6-8-19)20-9-11-22(28(31)36)18(3)13-20/h4-13,15,17,23,26-27,35H,14,16,30H2,1-3H3,(H2,31,36)(H2,32,33)/t23-,26+,27?/m0/s1. The second-order valence-electron chi connectivity index (χ2n) is 10.4. The Bertz CT molecular complexity index is 1610. The summed E-state index contributed by atoms with van der Waals surface area (Å²) >= 11 is 1.20. The van der Waals surface area contributed by atoms with Gasteiger partial charge in [0.1, 0.15) is 0 Å². The van der Waals surface area contributed by atoms with Crippen LogP contribution in [0.15, 0.2) is 71.6 Å². The van der Waals surface area contributed by atoms with Gasteiger partial charge in [0.15, 0.2) is 5.13 Å². The van der Waals surface area contributed by atoms with Gasteiger partial charge in [-0.05, 0) is 60.2 Å². The summed E-state index contributed by atoms with van der Waals surface area (Å²) in [5.41, 5.74) is 21.3. The van der Waals surface area contributed by atoms with Gasteiger partial charge < -0.3 is 22.3 Å². The largest absolute Gasteiger partial charge is 0.389 e.